The van der Waals surface area contributed by atoms with Crippen molar-refractivity contribution in [3.05, 3.63) is 85.6 Å². The van der Waals surface area contributed by atoms with E-state index in [1.54, 1.807) is 6.21 Å². The number of amides is 1. The first kappa shape index (κ1) is 23.6. The van der Waals surface area contributed by atoms with Crippen LogP contribution in [0.1, 0.15) is 33.6 Å². The third kappa shape index (κ3) is 5.82. The van der Waals surface area contributed by atoms with E-state index in [9.17, 15) is 4.79 Å². The Labute approximate surface area is 201 Å². The molecule has 1 amide bonds. The number of hydrogen-bond acceptors (Lipinski definition) is 3. The molecule has 1 heterocycles. The van der Waals surface area contributed by atoms with E-state index < -0.39 is 0 Å². The molecule has 1 N–H and O–H groups in total. The number of nitrogens with one attached hydrogen (secondary N) is 1. The minimum atomic E-state index is -0.130. The number of aromatic nitrogens is 1. The molecule has 7 heteroatoms. The van der Waals surface area contributed by atoms with Gasteiger partial charge in [0.25, 0.3) is 0 Å². The second kappa shape index (κ2) is 10.5. The van der Waals surface area contributed by atoms with E-state index in [0.29, 0.717) is 10.8 Å². The zero-order chi connectivity index (χ0) is 22.5. The molecule has 0 aliphatic carbocycles. The fourth-order valence-corrected chi connectivity index (χ4v) is 4.81. The van der Waals surface area contributed by atoms with E-state index in [0.717, 1.165) is 38.4 Å². The Morgan fingerprint density at radius 2 is 1.84 bits per heavy atom. The van der Waals surface area contributed by atoms with Crippen LogP contribution in [0.3, 0.4) is 0 Å². The van der Waals surface area contributed by atoms with Crippen molar-refractivity contribution in [3.63, 3.8) is 0 Å². The van der Waals surface area contributed by atoms with Crippen LogP contribution < -0.4 is 5.43 Å². The highest BCUT2D eigenvalue weighted by Gasteiger charge is 2.17. The van der Waals surface area contributed by atoms with Crippen molar-refractivity contribution in [2.45, 2.75) is 33.4 Å². The normalized spacial score (nSPS) is 11.3. The zero-order valence-corrected chi connectivity index (χ0v) is 21.2. The summed E-state index contributed by atoms with van der Waals surface area (Å²) in [5, 5.41) is 4.90. The van der Waals surface area contributed by atoms with Crippen molar-refractivity contribution in [2.75, 3.05) is 5.75 Å². The number of hydrogen-bond donors (Lipinski definition) is 1. The van der Waals surface area contributed by atoms with Crippen LogP contribution in [0.2, 0.25) is 5.02 Å². The van der Waals surface area contributed by atoms with Gasteiger partial charge in [-0.15, -0.1) is 11.8 Å². The smallest absolute Gasteiger partial charge is 0.250 e. The molecule has 1 aromatic heterocycles. The maximum absolute atomic E-state index is 12.1. The number of nitrogens with zero attached hydrogens (tertiary/aromatic N) is 2. The first-order chi connectivity index (χ1) is 14.8. The van der Waals surface area contributed by atoms with Crippen LogP contribution in [0.15, 0.2) is 52.0 Å². The second-order valence-corrected chi connectivity index (χ2v) is 9.65. The van der Waals surface area contributed by atoms with Crippen molar-refractivity contribution in [3.8, 4) is 5.69 Å². The Kier molecular flexibility index (Phi) is 8.03. The largest absolute Gasteiger partial charge is 0.316 e. The summed E-state index contributed by atoms with van der Waals surface area (Å²) in [6.45, 7) is 8.33. The van der Waals surface area contributed by atoms with Gasteiger partial charge in [-0.05, 0) is 78.5 Å². The standard InChI is InChI=1S/C24H25BrClN3OS/c1-15-5-6-16(2)22(11-15)29-17(3)21(24(25)18(29)4)12-27-28-23(30)14-31-13-19-7-9-20(26)10-8-19/h5-12H,13-14H2,1-4H3,(H,28,30)/b27-12-. The summed E-state index contributed by atoms with van der Waals surface area (Å²) in [5.41, 5.74) is 10.4. The number of carbonyl (C=O) groups is 1. The summed E-state index contributed by atoms with van der Waals surface area (Å²) >= 11 is 11.1. The number of thioether (sulfide) groups is 1. The summed E-state index contributed by atoms with van der Waals surface area (Å²) in [7, 11) is 0. The Balaban J connectivity index is 1.65. The minimum absolute atomic E-state index is 0.130. The second-order valence-electron chi connectivity index (χ2n) is 7.44. The molecule has 0 aliphatic rings. The highest BCUT2D eigenvalue weighted by molar-refractivity contribution is 9.10. The van der Waals surface area contributed by atoms with Gasteiger partial charge in [0.15, 0.2) is 0 Å². The highest BCUT2D eigenvalue weighted by atomic mass is 79.9. The van der Waals surface area contributed by atoms with Crippen molar-refractivity contribution < 1.29 is 4.79 Å². The SMILES string of the molecule is Cc1ccc(C)c(-n2c(C)c(Br)c(/C=N\NC(=O)CSCc3ccc(Cl)cc3)c2C)c1. The average Bonchev–Trinajstić information content (AvgIpc) is 2.94. The average molecular weight is 519 g/mol. The first-order valence-electron chi connectivity index (χ1n) is 9.87. The molecular formula is C24H25BrClN3OS. The molecule has 0 spiro atoms. The number of halogens is 2. The van der Waals surface area contributed by atoms with Crippen LogP contribution in [0, 0.1) is 27.7 Å². The lowest BCUT2D eigenvalue weighted by molar-refractivity contribution is -0.118. The summed E-state index contributed by atoms with van der Waals surface area (Å²) in [5.74, 6) is 0.953. The molecule has 3 aromatic rings. The Morgan fingerprint density at radius 3 is 2.55 bits per heavy atom. The maximum Gasteiger partial charge on any atom is 0.250 e. The van der Waals surface area contributed by atoms with Gasteiger partial charge >= 0.3 is 0 Å². The van der Waals surface area contributed by atoms with E-state index in [2.05, 4.69) is 76.9 Å². The molecule has 162 valence electrons. The molecule has 0 radical (unpaired) electrons. The van der Waals surface area contributed by atoms with Crippen LogP contribution in [-0.2, 0) is 10.5 Å². The van der Waals surface area contributed by atoms with E-state index in [1.807, 2.05) is 24.3 Å². The van der Waals surface area contributed by atoms with Gasteiger partial charge in [0.05, 0.1) is 12.0 Å². The number of benzene rings is 2. The van der Waals surface area contributed by atoms with Gasteiger partial charge in [-0.1, -0.05) is 35.9 Å². The van der Waals surface area contributed by atoms with Crippen LogP contribution in [-0.4, -0.2) is 22.4 Å². The molecule has 0 fully saturated rings. The van der Waals surface area contributed by atoms with Gasteiger partial charge in [-0.25, -0.2) is 5.43 Å². The summed E-state index contributed by atoms with van der Waals surface area (Å²) in [6.07, 6.45) is 1.70. The summed E-state index contributed by atoms with van der Waals surface area (Å²) in [4.78, 5) is 12.1. The highest BCUT2D eigenvalue weighted by Crippen LogP contribution is 2.31. The number of hydrazone groups is 1. The lowest BCUT2D eigenvalue weighted by Crippen LogP contribution is -2.19. The predicted octanol–water partition coefficient (Wildman–Crippen LogP) is 6.51. The predicted molar refractivity (Wildman–Crippen MR) is 136 cm³/mol. The van der Waals surface area contributed by atoms with Gasteiger partial charge < -0.3 is 4.57 Å². The fraction of sp³-hybridized carbons (Fsp3) is 0.250. The van der Waals surface area contributed by atoms with Crippen LogP contribution in [0.4, 0.5) is 0 Å². The Morgan fingerprint density at radius 1 is 1.13 bits per heavy atom. The van der Waals surface area contributed by atoms with Crippen molar-refractivity contribution in [2.24, 2.45) is 5.10 Å². The Bertz CT molecular complexity index is 1120. The van der Waals surface area contributed by atoms with Gasteiger partial charge in [0, 0.05) is 37.9 Å². The summed E-state index contributed by atoms with van der Waals surface area (Å²) in [6, 6.07) is 14.1. The molecule has 2 aromatic carbocycles. The third-order valence-electron chi connectivity index (χ3n) is 5.02. The maximum atomic E-state index is 12.1. The van der Waals surface area contributed by atoms with E-state index in [1.165, 1.54) is 22.9 Å². The monoisotopic (exact) mass is 517 g/mol. The number of carbonyl (C=O) groups excluding carboxylic acids is 1. The molecule has 0 unspecified atom stereocenters. The lowest BCUT2D eigenvalue weighted by Gasteiger charge is -2.13. The fourth-order valence-electron chi connectivity index (χ4n) is 3.34. The molecule has 4 nitrogen and oxygen atoms in total. The molecule has 0 bridgehead atoms. The number of aryl methyl sites for hydroxylation is 2. The van der Waals surface area contributed by atoms with Gasteiger partial charge in [0.2, 0.25) is 5.91 Å². The quantitative estimate of drug-likeness (QED) is 0.286. The molecule has 0 atom stereocenters. The van der Waals surface area contributed by atoms with Crippen molar-refractivity contribution in [1.29, 1.82) is 0 Å². The van der Waals surface area contributed by atoms with Crippen LogP contribution in [0.5, 0.6) is 0 Å². The van der Waals surface area contributed by atoms with Crippen LogP contribution >= 0.6 is 39.3 Å². The molecule has 31 heavy (non-hydrogen) atoms. The van der Waals surface area contributed by atoms with E-state index in [-0.39, 0.29) is 5.91 Å². The molecule has 3 rings (SSSR count). The third-order valence-corrected chi connectivity index (χ3v) is 7.28. The molecule has 0 saturated carbocycles. The van der Waals surface area contributed by atoms with Crippen molar-refractivity contribution in [1.82, 2.24) is 9.99 Å². The Hall–Kier alpha value is -2.02. The zero-order valence-electron chi connectivity index (χ0n) is 18.0. The molecule has 0 aliphatic heterocycles. The first-order valence-corrected chi connectivity index (χ1v) is 12.2. The van der Waals surface area contributed by atoms with E-state index in [4.69, 9.17) is 11.6 Å². The molecule has 0 saturated heterocycles. The number of rotatable bonds is 7. The topological polar surface area (TPSA) is 46.4 Å². The summed E-state index contributed by atoms with van der Waals surface area (Å²) < 4.78 is 3.19. The molecular weight excluding hydrogens is 494 g/mol. The van der Waals surface area contributed by atoms with Gasteiger partial charge in [-0.3, -0.25) is 4.79 Å². The van der Waals surface area contributed by atoms with Crippen LogP contribution in [0.25, 0.3) is 5.69 Å². The minimum Gasteiger partial charge on any atom is -0.316 e. The van der Waals surface area contributed by atoms with Gasteiger partial charge in [-0.2, -0.15) is 5.10 Å². The van der Waals surface area contributed by atoms with E-state index >= 15 is 0 Å². The lowest BCUT2D eigenvalue weighted by atomic mass is 10.1. The van der Waals surface area contributed by atoms with Crippen molar-refractivity contribution >= 4 is 51.4 Å². The van der Waals surface area contributed by atoms with Gasteiger partial charge in [0.1, 0.15) is 0 Å².